The second kappa shape index (κ2) is 4.12. The van der Waals surface area contributed by atoms with Gasteiger partial charge in [0.15, 0.2) is 17.5 Å². The first kappa shape index (κ1) is 11.8. The molecule has 96 valence electrons. The molecule has 19 heavy (non-hydrogen) atoms. The maximum Gasteiger partial charge on any atom is 0.195 e. The number of halogens is 3. The summed E-state index contributed by atoms with van der Waals surface area (Å²) in [6.07, 6.45) is 0. The van der Waals surface area contributed by atoms with Crippen LogP contribution >= 0.6 is 0 Å². The van der Waals surface area contributed by atoms with E-state index in [1.165, 1.54) is 0 Å². The number of hydrogen-bond donors (Lipinski definition) is 1. The summed E-state index contributed by atoms with van der Waals surface area (Å²) in [6, 6.07) is 7.55. The molecule has 2 aromatic carbocycles. The monoisotopic (exact) mass is 262 g/mol. The van der Waals surface area contributed by atoms with Gasteiger partial charge in [0.05, 0.1) is 16.6 Å². The van der Waals surface area contributed by atoms with Crippen LogP contribution in [0.1, 0.15) is 5.56 Å². The molecule has 0 fully saturated rings. The van der Waals surface area contributed by atoms with E-state index in [0.717, 1.165) is 23.2 Å². The summed E-state index contributed by atoms with van der Waals surface area (Å²) in [7, 11) is 0. The lowest BCUT2D eigenvalue weighted by Gasteiger charge is -2.00. The van der Waals surface area contributed by atoms with Crippen LogP contribution in [0.5, 0.6) is 0 Å². The van der Waals surface area contributed by atoms with Gasteiger partial charge in [0.1, 0.15) is 5.82 Å². The molecule has 0 amide bonds. The van der Waals surface area contributed by atoms with E-state index in [1.807, 2.05) is 19.1 Å². The molecule has 3 aromatic rings. The number of aryl methyl sites for hydroxylation is 1. The molecule has 1 aromatic heterocycles. The molecule has 0 aliphatic carbocycles. The minimum atomic E-state index is -1.49. The zero-order valence-electron chi connectivity index (χ0n) is 9.97. The van der Waals surface area contributed by atoms with Gasteiger partial charge in [0, 0.05) is 0 Å². The fourth-order valence-corrected chi connectivity index (χ4v) is 1.96. The average Bonchev–Trinajstić information content (AvgIpc) is 2.78. The van der Waals surface area contributed by atoms with Gasteiger partial charge in [-0.2, -0.15) is 0 Å². The standard InChI is InChI=1S/C14H9F3N2/c1-7-2-5-10-11(6-7)19-14(18-10)8-3-4-9(15)13(17)12(8)16/h2-6H,1H3,(H,18,19). The minimum absolute atomic E-state index is 0.0900. The number of nitrogens with one attached hydrogen (secondary N) is 1. The van der Waals surface area contributed by atoms with Gasteiger partial charge in [0.25, 0.3) is 0 Å². The molecule has 1 heterocycles. The van der Waals surface area contributed by atoms with E-state index in [-0.39, 0.29) is 11.4 Å². The highest BCUT2D eigenvalue weighted by atomic mass is 19.2. The number of fused-ring (bicyclic) bond motifs is 1. The summed E-state index contributed by atoms with van der Waals surface area (Å²) < 4.78 is 39.8. The summed E-state index contributed by atoms with van der Waals surface area (Å²) in [4.78, 5) is 7.07. The van der Waals surface area contributed by atoms with E-state index >= 15 is 0 Å². The quantitative estimate of drug-likeness (QED) is 0.661. The van der Waals surface area contributed by atoms with Crippen LogP contribution in [0.4, 0.5) is 13.2 Å². The number of benzene rings is 2. The third kappa shape index (κ3) is 1.87. The van der Waals surface area contributed by atoms with Crippen LogP contribution in [0.15, 0.2) is 30.3 Å². The molecule has 0 atom stereocenters. The van der Waals surface area contributed by atoms with Gasteiger partial charge in [-0.15, -0.1) is 0 Å². The first-order chi connectivity index (χ1) is 9.06. The van der Waals surface area contributed by atoms with Crippen molar-refractivity contribution in [2.24, 2.45) is 0 Å². The SMILES string of the molecule is Cc1ccc2nc(-c3ccc(F)c(F)c3F)[nH]c2c1. The number of aromatic amines is 1. The van der Waals surface area contributed by atoms with Gasteiger partial charge < -0.3 is 4.98 Å². The number of aromatic nitrogens is 2. The lowest BCUT2D eigenvalue weighted by molar-refractivity contribution is 0.448. The molecule has 0 saturated carbocycles. The van der Waals surface area contributed by atoms with Crippen molar-refractivity contribution in [2.45, 2.75) is 6.92 Å². The smallest absolute Gasteiger partial charge is 0.195 e. The minimum Gasteiger partial charge on any atom is -0.338 e. The van der Waals surface area contributed by atoms with Crippen molar-refractivity contribution in [3.05, 3.63) is 53.3 Å². The van der Waals surface area contributed by atoms with E-state index in [1.54, 1.807) is 6.07 Å². The van der Waals surface area contributed by atoms with Crippen LogP contribution in [-0.2, 0) is 0 Å². The number of nitrogens with zero attached hydrogens (tertiary/aromatic N) is 1. The van der Waals surface area contributed by atoms with Crippen LogP contribution in [0, 0.1) is 24.4 Å². The first-order valence-corrected chi connectivity index (χ1v) is 5.66. The van der Waals surface area contributed by atoms with Crippen molar-refractivity contribution in [3.8, 4) is 11.4 Å². The van der Waals surface area contributed by atoms with Gasteiger partial charge in [-0.1, -0.05) is 6.07 Å². The highest BCUT2D eigenvalue weighted by Crippen LogP contribution is 2.26. The summed E-state index contributed by atoms with van der Waals surface area (Å²) in [6.45, 7) is 1.91. The largest absolute Gasteiger partial charge is 0.338 e. The van der Waals surface area contributed by atoms with Gasteiger partial charge in [-0.25, -0.2) is 18.2 Å². The highest BCUT2D eigenvalue weighted by molar-refractivity contribution is 5.80. The molecular weight excluding hydrogens is 253 g/mol. The Hall–Kier alpha value is -2.30. The van der Waals surface area contributed by atoms with Crippen molar-refractivity contribution < 1.29 is 13.2 Å². The van der Waals surface area contributed by atoms with E-state index < -0.39 is 17.5 Å². The van der Waals surface area contributed by atoms with Crippen LogP contribution in [0.2, 0.25) is 0 Å². The summed E-state index contributed by atoms with van der Waals surface area (Å²) in [5.74, 6) is -3.77. The van der Waals surface area contributed by atoms with E-state index in [4.69, 9.17) is 0 Å². The molecule has 0 aliphatic rings. The van der Waals surface area contributed by atoms with Crippen molar-refractivity contribution in [2.75, 3.05) is 0 Å². The third-order valence-corrected chi connectivity index (χ3v) is 2.93. The Balaban J connectivity index is 2.22. The van der Waals surface area contributed by atoms with E-state index in [2.05, 4.69) is 9.97 Å². The number of hydrogen-bond acceptors (Lipinski definition) is 1. The molecule has 3 rings (SSSR count). The molecule has 1 N–H and O–H groups in total. The highest BCUT2D eigenvalue weighted by Gasteiger charge is 2.17. The molecule has 5 heteroatoms. The molecule has 0 aliphatic heterocycles. The predicted octanol–water partition coefficient (Wildman–Crippen LogP) is 3.96. The van der Waals surface area contributed by atoms with Crippen molar-refractivity contribution in [3.63, 3.8) is 0 Å². The third-order valence-electron chi connectivity index (χ3n) is 2.93. The Morgan fingerprint density at radius 3 is 2.58 bits per heavy atom. The molecule has 0 unspecified atom stereocenters. The Kier molecular flexibility index (Phi) is 2.55. The van der Waals surface area contributed by atoms with Gasteiger partial charge >= 0.3 is 0 Å². The fraction of sp³-hybridized carbons (Fsp3) is 0.0714. The van der Waals surface area contributed by atoms with Crippen LogP contribution in [-0.4, -0.2) is 9.97 Å². The van der Waals surface area contributed by atoms with Crippen LogP contribution in [0.25, 0.3) is 22.4 Å². The average molecular weight is 262 g/mol. The zero-order chi connectivity index (χ0) is 13.6. The van der Waals surface area contributed by atoms with Gasteiger partial charge in [-0.05, 0) is 36.8 Å². The molecule has 2 nitrogen and oxygen atoms in total. The van der Waals surface area contributed by atoms with Gasteiger partial charge in [0.2, 0.25) is 0 Å². The van der Waals surface area contributed by atoms with Crippen LogP contribution in [0.3, 0.4) is 0 Å². The maximum absolute atomic E-state index is 13.7. The molecular formula is C14H9F3N2. The summed E-state index contributed by atoms with van der Waals surface area (Å²) in [5.41, 5.74) is 2.30. The second-order valence-electron chi connectivity index (χ2n) is 4.33. The summed E-state index contributed by atoms with van der Waals surface area (Å²) >= 11 is 0. The lowest BCUT2D eigenvalue weighted by Crippen LogP contribution is -1.94. The topological polar surface area (TPSA) is 28.7 Å². The van der Waals surface area contributed by atoms with Crippen molar-refractivity contribution in [1.29, 1.82) is 0 Å². The molecule has 0 saturated heterocycles. The normalized spacial score (nSPS) is 11.2. The van der Waals surface area contributed by atoms with Crippen molar-refractivity contribution in [1.82, 2.24) is 9.97 Å². The Labute approximate surface area is 106 Å². The van der Waals surface area contributed by atoms with Gasteiger partial charge in [-0.3, -0.25) is 0 Å². The van der Waals surface area contributed by atoms with E-state index in [0.29, 0.717) is 5.52 Å². The molecule has 0 bridgehead atoms. The number of H-pyrrole nitrogens is 1. The number of imidazole rings is 1. The Bertz CT molecular complexity index is 778. The summed E-state index contributed by atoms with van der Waals surface area (Å²) in [5, 5.41) is 0. The zero-order valence-corrected chi connectivity index (χ0v) is 9.97. The fourth-order valence-electron chi connectivity index (χ4n) is 1.96. The maximum atomic E-state index is 13.7. The predicted molar refractivity (Wildman–Crippen MR) is 66.1 cm³/mol. The molecule has 0 radical (unpaired) electrons. The molecule has 0 spiro atoms. The first-order valence-electron chi connectivity index (χ1n) is 5.66. The lowest BCUT2D eigenvalue weighted by atomic mass is 10.2. The second-order valence-corrected chi connectivity index (χ2v) is 4.33. The van der Waals surface area contributed by atoms with E-state index in [9.17, 15) is 13.2 Å². The van der Waals surface area contributed by atoms with Crippen molar-refractivity contribution >= 4 is 11.0 Å². The number of rotatable bonds is 1. The van der Waals surface area contributed by atoms with Crippen LogP contribution < -0.4 is 0 Å². The Morgan fingerprint density at radius 1 is 1.00 bits per heavy atom. The Morgan fingerprint density at radius 2 is 1.79 bits per heavy atom.